The van der Waals surface area contributed by atoms with Crippen molar-refractivity contribution in [3.8, 4) is 0 Å². The van der Waals surface area contributed by atoms with Crippen molar-refractivity contribution in [1.82, 2.24) is 20.4 Å². The highest BCUT2D eigenvalue weighted by Gasteiger charge is 2.23. The molecule has 0 radical (unpaired) electrons. The third-order valence-electron chi connectivity index (χ3n) is 5.10. The molecule has 0 bridgehead atoms. The second-order valence-corrected chi connectivity index (χ2v) is 9.22. The summed E-state index contributed by atoms with van der Waals surface area (Å²) >= 11 is 6.33. The van der Waals surface area contributed by atoms with Gasteiger partial charge in [-0.2, -0.15) is 0 Å². The van der Waals surface area contributed by atoms with E-state index in [9.17, 15) is 14.4 Å². The van der Waals surface area contributed by atoms with E-state index in [-0.39, 0.29) is 36.6 Å². The zero-order valence-corrected chi connectivity index (χ0v) is 21.0. The molecule has 184 valence electrons. The smallest absolute Gasteiger partial charge is 0.318 e. The number of anilines is 2. The molecule has 0 atom stereocenters. The Morgan fingerprint density at radius 3 is 2.24 bits per heavy atom. The van der Waals surface area contributed by atoms with Crippen molar-refractivity contribution in [2.75, 3.05) is 49.5 Å². The molecule has 1 saturated heterocycles. The molecule has 0 unspecified atom stereocenters. The van der Waals surface area contributed by atoms with Gasteiger partial charge in [-0.3, -0.25) is 4.79 Å². The molecule has 2 rings (SSSR count). The van der Waals surface area contributed by atoms with Gasteiger partial charge in [0.25, 0.3) is 0 Å². The Morgan fingerprint density at radius 1 is 1.03 bits per heavy atom. The van der Waals surface area contributed by atoms with Crippen LogP contribution in [0.2, 0.25) is 5.02 Å². The first-order valence-corrected chi connectivity index (χ1v) is 11.9. The maximum absolute atomic E-state index is 12.7. The molecule has 1 fully saturated rings. The van der Waals surface area contributed by atoms with Crippen LogP contribution in [0.15, 0.2) is 18.2 Å². The predicted molar refractivity (Wildman–Crippen MR) is 133 cm³/mol. The standard InChI is InChI=1S/C23H37ClN6O3/c1-6-9-30(23(33)26-17(4)5)15-21(31)27-20-14-18(7-8-19(20)24)28-10-12-29(13-11-28)22(32)25-16(2)3/h7-8,14,16-17H,6,9-13,15H2,1-5H3,(H,25,32)(H,26,33)(H,27,31). The quantitative estimate of drug-likeness (QED) is 0.531. The van der Waals surface area contributed by atoms with E-state index >= 15 is 0 Å². The summed E-state index contributed by atoms with van der Waals surface area (Å²) in [6.07, 6.45) is 0.746. The topological polar surface area (TPSA) is 97.0 Å². The molecule has 0 spiro atoms. The number of hydrogen-bond donors (Lipinski definition) is 3. The summed E-state index contributed by atoms with van der Waals surface area (Å²) in [6.45, 7) is 12.6. The molecule has 1 aliphatic rings. The average Bonchev–Trinajstić information content (AvgIpc) is 2.74. The fourth-order valence-corrected chi connectivity index (χ4v) is 3.70. The zero-order valence-electron chi connectivity index (χ0n) is 20.3. The van der Waals surface area contributed by atoms with Gasteiger partial charge in [-0.25, -0.2) is 9.59 Å². The third-order valence-corrected chi connectivity index (χ3v) is 5.43. The summed E-state index contributed by atoms with van der Waals surface area (Å²) in [5.41, 5.74) is 1.42. The van der Waals surface area contributed by atoms with Gasteiger partial charge in [0.1, 0.15) is 6.54 Å². The van der Waals surface area contributed by atoms with Gasteiger partial charge in [0.2, 0.25) is 5.91 Å². The van der Waals surface area contributed by atoms with Crippen LogP contribution in [-0.2, 0) is 4.79 Å². The lowest BCUT2D eigenvalue weighted by atomic mass is 10.2. The van der Waals surface area contributed by atoms with E-state index < -0.39 is 0 Å². The van der Waals surface area contributed by atoms with E-state index in [2.05, 4.69) is 20.9 Å². The summed E-state index contributed by atoms with van der Waals surface area (Å²) in [7, 11) is 0. The number of rotatable bonds is 8. The van der Waals surface area contributed by atoms with Crippen LogP contribution in [0.3, 0.4) is 0 Å². The Bertz CT molecular complexity index is 824. The highest BCUT2D eigenvalue weighted by atomic mass is 35.5. The summed E-state index contributed by atoms with van der Waals surface area (Å²) in [5, 5.41) is 9.01. The van der Waals surface area contributed by atoms with Gasteiger partial charge in [0.05, 0.1) is 10.7 Å². The van der Waals surface area contributed by atoms with Crippen LogP contribution in [-0.4, -0.2) is 79.1 Å². The van der Waals surface area contributed by atoms with Crippen molar-refractivity contribution in [3.63, 3.8) is 0 Å². The Balaban J connectivity index is 2.00. The maximum Gasteiger partial charge on any atom is 0.318 e. The molecular weight excluding hydrogens is 444 g/mol. The molecule has 0 saturated carbocycles. The number of urea groups is 2. The Hall–Kier alpha value is -2.68. The number of hydrogen-bond acceptors (Lipinski definition) is 4. The van der Waals surface area contributed by atoms with Crippen molar-refractivity contribution >= 4 is 40.9 Å². The van der Waals surface area contributed by atoms with Crippen molar-refractivity contribution in [3.05, 3.63) is 23.2 Å². The van der Waals surface area contributed by atoms with E-state index in [1.165, 1.54) is 4.90 Å². The minimum atomic E-state index is -0.309. The van der Waals surface area contributed by atoms with E-state index in [1.54, 1.807) is 11.0 Å². The number of carbonyl (C=O) groups excluding carboxylic acids is 3. The maximum atomic E-state index is 12.7. The Labute approximate surface area is 201 Å². The molecule has 3 N–H and O–H groups in total. The molecule has 0 aromatic heterocycles. The number of amides is 5. The number of nitrogens with one attached hydrogen (secondary N) is 3. The monoisotopic (exact) mass is 480 g/mol. The van der Waals surface area contributed by atoms with E-state index in [0.717, 1.165) is 12.1 Å². The first kappa shape index (κ1) is 26.6. The van der Waals surface area contributed by atoms with Gasteiger partial charge in [0.15, 0.2) is 0 Å². The van der Waals surface area contributed by atoms with Crippen molar-refractivity contribution in [2.45, 2.75) is 53.1 Å². The van der Waals surface area contributed by atoms with Gasteiger partial charge in [-0.15, -0.1) is 0 Å². The lowest BCUT2D eigenvalue weighted by Gasteiger charge is -2.36. The largest absolute Gasteiger partial charge is 0.368 e. The number of nitrogens with zero attached hydrogens (tertiary/aromatic N) is 3. The van der Waals surface area contributed by atoms with Crippen molar-refractivity contribution < 1.29 is 14.4 Å². The molecule has 1 aliphatic heterocycles. The number of carbonyl (C=O) groups is 3. The highest BCUT2D eigenvalue weighted by molar-refractivity contribution is 6.33. The molecule has 1 heterocycles. The summed E-state index contributed by atoms with van der Waals surface area (Å²) < 4.78 is 0. The average molecular weight is 481 g/mol. The predicted octanol–water partition coefficient (Wildman–Crippen LogP) is 3.35. The van der Waals surface area contributed by atoms with Crippen LogP contribution in [0.5, 0.6) is 0 Å². The number of benzene rings is 1. The first-order valence-electron chi connectivity index (χ1n) is 11.6. The van der Waals surface area contributed by atoms with Crippen LogP contribution < -0.4 is 20.9 Å². The van der Waals surface area contributed by atoms with Crippen LogP contribution in [0.4, 0.5) is 21.0 Å². The van der Waals surface area contributed by atoms with Crippen molar-refractivity contribution in [2.24, 2.45) is 0 Å². The lowest BCUT2D eigenvalue weighted by molar-refractivity contribution is -0.116. The molecule has 1 aromatic carbocycles. The van der Waals surface area contributed by atoms with Crippen LogP contribution in [0.1, 0.15) is 41.0 Å². The van der Waals surface area contributed by atoms with Gasteiger partial charge < -0.3 is 30.7 Å². The SMILES string of the molecule is CCCN(CC(=O)Nc1cc(N2CCN(C(=O)NC(C)C)CC2)ccc1Cl)C(=O)NC(C)C. The Kier molecular flexibility index (Phi) is 10.1. The van der Waals surface area contributed by atoms with Gasteiger partial charge >= 0.3 is 12.1 Å². The molecule has 10 heteroatoms. The van der Waals surface area contributed by atoms with Gasteiger partial charge in [-0.1, -0.05) is 18.5 Å². The second-order valence-electron chi connectivity index (χ2n) is 8.82. The van der Waals surface area contributed by atoms with E-state index in [4.69, 9.17) is 11.6 Å². The highest BCUT2D eigenvalue weighted by Crippen LogP contribution is 2.28. The number of halogens is 1. The van der Waals surface area contributed by atoms with Crippen molar-refractivity contribution in [1.29, 1.82) is 0 Å². The van der Waals surface area contributed by atoms with Crippen LogP contribution in [0.25, 0.3) is 0 Å². The summed E-state index contributed by atoms with van der Waals surface area (Å²) in [4.78, 5) is 42.7. The minimum absolute atomic E-state index is 0.0111. The first-order chi connectivity index (χ1) is 15.6. The van der Waals surface area contributed by atoms with Gasteiger partial charge in [-0.05, 0) is 52.3 Å². The second kappa shape index (κ2) is 12.5. The molecule has 9 nitrogen and oxygen atoms in total. The zero-order chi connectivity index (χ0) is 24.5. The molecule has 5 amide bonds. The van der Waals surface area contributed by atoms with E-state index in [1.807, 2.05) is 46.8 Å². The minimum Gasteiger partial charge on any atom is -0.368 e. The fraction of sp³-hybridized carbons (Fsp3) is 0.609. The Morgan fingerprint density at radius 2 is 1.67 bits per heavy atom. The third kappa shape index (κ3) is 8.31. The molecule has 0 aliphatic carbocycles. The molecule has 33 heavy (non-hydrogen) atoms. The van der Waals surface area contributed by atoms with E-state index in [0.29, 0.717) is 43.4 Å². The van der Waals surface area contributed by atoms with Gasteiger partial charge in [0, 0.05) is 50.5 Å². The molecule has 1 aromatic rings. The normalized spacial score (nSPS) is 13.8. The number of piperazine rings is 1. The lowest BCUT2D eigenvalue weighted by Crippen LogP contribution is -2.52. The summed E-state index contributed by atoms with van der Waals surface area (Å²) in [5.74, 6) is -0.309. The van der Waals surface area contributed by atoms with Crippen LogP contribution in [0, 0.1) is 0 Å². The van der Waals surface area contributed by atoms with Crippen LogP contribution >= 0.6 is 11.6 Å². The fourth-order valence-electron chi connectivity index (χ4n) is 3.54. The molecular formula is C23H37ClN6O3. The summed E-state index contributed by atoms with van der Waals surface area (Å²) in [6, 6.07) is 5.27.